The van der Waals surface area contributed by atoms with E-state index in [2.05, 4.69) is 26.1 Å². The first-order valence-electron chi connectivity index (χ1n) is 9.23. The van der Waals surface area contributed by atoms with Gasteiger partial charge in [0, 0.05) is 50.3 Å². The van der Waals surface area contributed by atoms with Crippen molar-refractivity contribution in [2.45, 2.75) is 40.0 Å². The second-order valence-electron chi connectivity index (χ2n) is 8.33. The van der Waals surface area contributed by atoms with E-state index in [4.69, 9.17) is 0 Å². The molecule has 0 unspecified atom stereocenters. The summed E-state index contributed by atoms with van der Waals surface area (Å²) < 4.78 is 0. The first-order chi connectivity index (χ1) is 12.2. The van der Waals surface area contributed by atoms with Crippen molar-refractivity contribution in [3.8, 4) is 0 Å². The molecule has 1 saturated heterocycles. The minimum absolute atomic E-state index is 0.00683. The van der Waals surface area contributed by atoms with Gasteiger partial charge in [-0.15, -0.1) is 0 Å². The van der Waals surface area contributed by atoms with Crippen LogP contribution in [0.1, 0.15) is 49.5 Å². The maximum absolute atomic E-state index is 12.8. The van der Waals surface area contributed by atoms with E-state index >= 15 is 0 Å². The SMILES string of the molecule is CC(C)(C)CC(=O)N1CCN(C(=O)c2ccc3c(c2)CCC(=O)N3)CC1. The molecule has 6 heteroatoms. The number of aryl methyl sites for hydroxylation is 1. The number of hydrogen-bond donors (Lipinski definition) is 1. The first kappa shape index (κ1) is 18.4. The molecular weight excluding hydrogens is 330 g/mol. The molecule has 1 aromatic rings. The van der Waals surface area contributed by atoms with E-state index in [1.165, 1.54) is 0 Å². The van der Waals surface area contributed by atoms with Crippen LogP contribution in [0.25, 0.3) is 0 Å². The summed E-state index contributed by atoms with van der Waals surface area (Å²) in [6, 6.07) is 5.46. The van der Waals surface area contributed by atoms with Gasteiger partial charge in [0.15, 0.2) is 0 Å². The molecule has 1 aromatic carbocycles. The average Bonchev–Trinajstić information content (AvgIpc) is 2.59. The monoisotopic (exact) mass is 357 g/mol. The third-order valence-electron chi connectivity index (χ3n) is 4.85. The number of hydrogen-bond acceptors (Lipinski definition) is 3. The highest BCUT2D eigenvalue weighted by molar-refractivity contribution is 5.98. The zero-order valence-electron chi connectivity index (χ0n) is 15.8. The van der Waals surface area contributed by atoms with Crippen LogP contribution in [0.4, 0.5) is 5.69 Å². The molecule has 1 N–H and O–H groups in total. The Labute approximate surface area is 154 Å². The van der Waals surface area contributed by atoms with E-state index in [0.29, 0.717) is 51.0 Å². The van der Waals surface area contributed by atoms with Crippen LogP contribution < -0.4 is 5.32 Å². The third kappa shape index (κ3) is 4.23. The van der Waals surface area contributed by atoms with Gasteiger partial charge in [-0.05, 0) is 35.6 Å². The fourth-order valence-electron chi connectivity index (χ4n) is 3.42. The highest BCUT2D eigenvalue weighted by Crippen LogP contribution is 2.25. The highest BCUT2D eigenvalue weighted by Gasteiger charge is 2.27. The van der Waals surface area contributed by atoms with Gasteiger partial charge in [-0.2, -0.15) is 0 Å². The van der Waals surface area contributed by atoms with E-state index in [1.54, 1.807) is 6.07 Å². The molecule has 0 spiro atoms. The summed E-state index contributed by atoms with van der Waals surface area (Å²) in [6.45, 7) is 8.46. The Bertz CT molecular complexity index is 728. The highest BCUT2D eigenvalue weighted by atomic mass is 16.2. The van der Waals surface area contributed by atoms with Crippen LogP contribution in [0.15, 0.2) is 18.2 Å². The maximum atomic E-state index is 12.8. The van der Waals surface area contributed by atoms with Crippen molar-refractivity contribution in [2.24, 2.45) is 5.41 Å². The Morgan fingerprint density at radius 2 is 1.69 bits per heavy atom. The van der Waals surface area contributed by atoms with E-state index in [1.807, 2.05) is 21.9 Å². The smallest absolute Gasteiger partial charge is 0.253 e. The number of benzene rings is 1. The van der Waals surface area contributed by atoms with Gasteiger partial charge in [0.2, 0.25) is 11.8 Å². The lowest BCUT2D eigenvalue weighted by Gasteiger charge is -2.36. The minimum atomic E-state index is -0.0252. The van der Waals surface area contributed by atoms with Crippen LogP contribution in [0.2, 0.25) is 0 Å². The summed E-state index contributed by atoms with van der Waals surface area (Å²) >= 11 is 0. The number of fused-ring (bicyclic) bond motifs is 1. The lowest BCUT2D eigenvalue weighted by molar-refractivity contribution is -0.134. The van der Waals surface area contributed by atoms with Crippen LogP contribution in [-0.2, 0) is 16.0 Å². The molecule has 2 aliphatic heterocycles. The number of amides is 3. The van der Waals surface area contributed by atoms with E-state index in [-0.39, 0.29) is 23.1 Å². The number of piperazine rings is 1. The minimum Gasteiger partial charge on any atom is -0.339 e. The lowest BCUT2D eigenvalue weighted by atomic mass is 9.91. The molecule has 1 fully saturated rings. The van der Waals surface area contributed by atoms with Crippen molar-refractivity contribution in [3.63, 3.8) is 0 Å². The molecule has 2 aliphatic rings. The van der Waals surface area contributed by atoms with Crippen molar-refractivity contribution in [3.05, 3.63) is 29.3 Å². The number of anilines is 1. The largest absolute Gasteiger partial charge is 0.339 e. The second kappa shape index (κ2) is 7.09. The lowest BCUT2D eigenvalue weighted by Crippen LogP contribution is -2.51. The standard InChI is InChI=1S/C20H27N3O3/c1-20(2,3)13-18(25)22-8-10-23(11-9-22)19(26)15-4-6-16-14(12-15)5-7-17(24)21-16/h4,6,12H,5,7-11,13H2,1-3H3,(H,21,24). The summed E-state index contributed by atoms with van der Waals surface area (Å²) in [6.07, 6.45) is 1.65. The second-order valence-corrected chi connectivity index (χ2v) is 8.33. The van der Waals surface area contributed by atoms with Crippen molar-refractivity contribution in [1.82, 2.24) is 9.80 Å². The summed E-state index contributed by atoms with van der Waals surface area (Å²) in [5.41, 5.74) is 2.43. The van der Waals surface area contributed by atoms with Crippen LogP contribution in [0.3, 0.4) is 0 Å². The molecule has 0 aromatic heterocycles. The van der Waals surface area contributed by atoms with Gasteiger partial charge in [0.25, 0.3) is 5.91 Å². The fourth-order valence-corrected chi connectivity index (χ4v) is 3.42. The number of rotatable bonds is 2. The van der Waals surface area contributed by atoms with E-state index in [9.17, 15) is 14.4 Å². The number of nitrogens with zero attached hydrogens (tertiary/aromatic N) is 2. The third-order valence-corrected chi connectivity index (χ3v) is 4.85. The molecule has 3 rings (SSSR count). The van der Waals surface area contributed by atoms with Crippen molar-refractivity contribution < 1.29 is 14.4 Å². The van der Waals surface area contributed by atoms with Gasteiger partial charge in [-0.25, -0.2) is 0 Å². The Morgan fingerprint density at radius 3 is 2.35 bits per heavy atom. The Hall–Kier alpha value is -2.37. The predicted octanol–water partition coefficient (Wildman–Crippen LogP) is 2.29. The zero-order chi connectivity index (χ0) is 18.9. The molecule has 140 valence electrons. The van der Waals surface area contributed by atoms with Crippen LogP contribution in [-0.4, -0.2) is 53.7 Å². The molecule has 6 nitrogen and oxygen atoms in total. The Kier molecular flexibility index (Phi) is 5.03. The zero-order valence-corrected chi connectivity index (χ0v) is 15.8. The first-order valence-corrected chi connectivity index (χ1v) is 9.23. The fraction of sp³-hybridized carbons (Fsp3) is 0.550. The molecule has 3 amide bonds. The van der Waals surface area contributed by atoms with Crippen molar-refractivity contribution in [1.29, 1.82) is 0 Å². The van der Waals surface area contributed by atoms with Crippen LogP contribution >= 0.6 is 0 Å². The van der Waals surface area contributed by atoms with Gasteiger partial charge in [0.1, 0.15) is 0 Å². The molecule has 0 aliphatic carbocycles. The molecule has 0 bridgehead atoms. The topological polar surface area (TPSA) is 69.7 Å². The average molecular weight is 357 g/mol. The van der Waals surface area contributed by atoms with Crippen molar-refractivity contribution in [2.75, 3.05) is 31.5 Å². The van der Waals surface area contributed by atoms with Gasteiger partial charge in [-0.1, -0.05) is 20.8 Å². The number of carbonyl (C=O) groups excluding carboxylic acids is 3. The Balaban J connectivity index is 1.60. The van der Waals surface area contributed by atoms with Gasteiger partial charge in [-0.3, -0.25) is 14.4 Å². The molecule has 26 heavy (non-hydrogen) atoms. The quantitative estimate of drug-likeness (QED) is 0.883. The van der Waals surface area contributed by atoms with Crippen LogP contribution in [0, 0.1) is 5.41 Å². The van der Waals surface area contributed by atoms with Gasteiger partial charge < -0.3 is 15.1 Å². The summed E-state index contributed by atoms with van der Waals surface area (Å²) in [5, 5.41) is 2.83. The molecule has 0 saturated carbocycles. The van der Waals surface area contributed by atoms with E-state index < -0.39 is 0 Å². The molecular formula is C20H27N3O3. The summed E-state index contributed by atoms with van der Waals surface area (Å²) in [5.74, 6) is 0.175. The summed E-state index contributed by atoms with van der Waals surface area (Å²) in [4.78, 5) is 40.2. The van der Waals surface area contributed by atoms with Gasteiger partial charge in [0.05, 0.1) is 0 Å². The normalized spacial score (nSPS) is 17.6. The van der Waals surface area contributed by atoms with E-state index in [0.717, 1.165) is 11.3 Å². The van der Waals surface area contributed by atoms with Crippen molar-refractivity contribution >= 4 is 23.4 Å². The molecule has 0 atom stereocenters. The van der Waals surface area contributed by atoms with Gasteiger partial charge >= 0.3 is 0 Å². The molecule has 0 radical (unpaired) electrons. The maximum Gasteiger partial charge on any atom is 0.253 e. The molecule has 2 heterocycles. The van der Waals surface area contributed by atoms with Crippen LogP contribution in [0.5, 0.6) is 0 Å². The predicted molar refractivity (Wildman–Crippen MR) is 99.9 cm³/mol. The Morgan fingerprint density at radius 1 is 1.04 bits per heavy atom. The number of carbonyl (C=O) groups is 3. The number of nitrogens with one attached hydrogen (secondary N) is 1. The summed E-state index contributed by atoms with van der Waals surface area (Å²) in [7, 11) is 0.